The predicted octanol–water partition coefficient (Wildman–Crippen LogP) is 5.67. The van der Waals surface area contributed by atoms with Crippen LogP contribution in [0.5, 0.6) is 0 Å². The normalized spacial score (nSPS) is 15.0. The Morgan fingerprint density at radius 3 is 1.56 bits per heavy atom. The molecule has 0 aliphatic carbocycles. The number of aldehydes is 1. The Bertz CT molecular complexity index is 3840. The summed E-state index contributed by atoms with van der Waals surface area (Å²) in [6.07, 6.45) is 6.38. The lowest BCUT2D eigenvalue weighted by Gasteiger charge is -2.33. The molecule has 0 radical (unpaired) electrons. The van der Waals surface area contributed by atoms with E-state index in [1.807, 2.05) is 37.8 Å². The topological polar surface area (TPSA) is 339 Å². The van der Waals surface area contributed by atoms with Gasteiger partial charge < -0.3 is 43.0 Å². The lowest BCUT2D eigenvalue weighted by molar-refractivity contribution is -0.193. The first-order valence-corrected chi connectivity index (χ1v) is 35.9. The fourth-order valence-corrected chi connectivity index (χ4v) is 14.4. The van der Waals surface area contributed by atoms with Gasteiger partial charge in [-0.05, 0) is 95.5 Å². The second-order valence-corrected chi connectivity index (χ2v) is 29.9. The van der Waals surface area contributed by atoms with E-state index in [4.69, 9.17) is 54.2 Å². The van der Waals surface area contributed by atoms with Gasteiger partial charge in [0.15, 0.2) is 0 Å². The average Bonchev–Trinajstić information content (AvgIpc) is 1.66. The summed E-state index contributed by atoms with van der Waals surface area (Å²) in [6, 6.07) is 11.2. The van der Waals surface area contributed by atoms with Gasteiger partial charge in [-0.1, -0.05) is 51.1 Å². The maximum Gasteiger partial charge on any atom is 0.334 e. The second kappa shape index (κ2) is 34.1. The van der Waals surface area contributed by atoms with Gasteiger partial charge in [-0.25, -0.2) is 4.79 Å². The van der Waals surface area contributed by atoms with Gasteiger partial charge in [0.25, 0.3) is 56.5 Å². The monoisotopic (exact) mass is 1380 g/mol. The molecule has 0 saturated heterocycles. The largest absolute Gasteiger partial charge is 0.378 e. The van der Waals surface area contributed by atoms with Crippen molar-refractivity contribution in [2.45, 2.75) is 96.6 Å². The SMILES string of the molecule is COS(=O)(=O)CCCC(C)(C/C=C/C=C1/N(CCOCCOCCOCCOCCOCCOCCC(=O)ON(C)C(=O)CCC=O)c2ccc3c(S(=O)(=O)OC)cc(S(=O)(=O)OC)cc3c2C1(C)C)c1c(C)ccc2c(S(=O)(=O)OC)cc(S(=O)(=O)OC)cc12. The number of ether oxygens (including phenoxy) is 6. The summed E-state index contributed by atoms with van der Waals surface area (Å²) in [5, 5.41) is 1.64. The van der Waals surface area contributed by atoms with Crippen LogP contribution in [0.4, 0.5) is 5.69 Å². The maximum atomic E-state index is 13.5. The van der Waals surface area contributed by atoms with Crippen LogP contribution < -0.4 is 4.90 Å². The number of amides is 1. The molecule has 0 fully saturated rings. The number of carbonyl (C=O) groups excluding carboxylic acids is 3. The smallest absolute Gasteiger partial charge is 0.334 e. The molecule has 0 aromatic heterocycles. The molecular formula is C59H82N2O25S5. The van der Waals surface area contributed by atoms with Crippen LogP contribution in [-0.4, -0.2) is 199 Å². The highest BCUT2D eigenvalue weighted by molar-refractivity contribution is 7.88. The number of anilines is 1. The zero-order valence-corrected chi connectivity index (χ0v) is 56.8. The van der Waals surface area contributed by atoms with E-state index in [-0.39, 0.29) is 125 Å². The van der Waals surface area contributed by atoms with Crippen molar-refractivity contribution in [3.8, 4) is 0 Å². The van der Waals surface area contributed by atoms with E-state index in [0.29, 0.717) is 60.8 Å². The number of aryl methyl sites for hydroxylation is 1. The van der Waals surface area contributed by atoms with E-state index in [1.165, 1.54) is 19.2 Å². The molecule has 1 amide bonds. The number of carbonyl (C=O) groups is 3. The van der Waals surface area contributed by atoms with Crippen LogP contribution in [0.15, 0.2) is 92.0 Å². The van der Waals surface area contributed by atoms with Gasteiger partial charge in [-0.15, -0.1) is 0 Å². The van der Waals surface area contributed by atoms with Crippen LogP contribution in [0, 0.1) is 6.92 Å². The van der Waals surface area contributed by atoms with Crippen LogP contribution in [-0.2, 0) is 130 Å². The van der Waals surface area contributed by atoms with Crippen molar-refractivity contribution in [3.63, 3.8) is 0 Å². The van der Waals surface area contributed by atoms with Crippen LogP contribution >= 0.6 is 0 Å². The minimum atomic E-state index is -4.52. The first-order valence-electron chi connectivity index (χ1n) is 28.6. The molecule has 0 N–H and O–H groups in total. The summed E-state index contributed by atoms with van der Waals surface area (Å²) < 4.78 is 191. The minimum absolute atomic E-state index is 0.0343. The van der Waals surface area contributed by atoms with Gasteiger partial charge >= 0.3 is 5.97 Å². The Morgan fingerprint density at radius 1 is 0.593 bits per heavy atom. The number of hydroxylamine groups is 2. The van der Waals surface area contributed by atoms with E-state index in [0.717, 1.165) is 52.7 Å². The highest BCUT2D eigenvalue weighted by Gasteiger charge is 2.42. The summed E-state index contributed by atoms with van der Waals surface area (Å²) in [4.78, 5) is 39.2. The molecule has 1 heterocycles. The summed E-state index contributed by atoms with van der Waals surface area (Å²) in [5.74, 6) is -1.52. The Kier molecular flexibility index (Phi) is 28.6. The zero-order chi connectivity index (χ0) is 67.4. The summed E-state index contributed by atoms with van der Waals surface area (Å²) >= 11 is 0. The van der Waals surface area contributed by atoms with Crippen molar-refractivity contribution in [3.05, 3.63) is 89.1 Å². The molecule has 0 saturated carbocycles. The van der Waals surface area contributed by atoms with Crippen molar-refractivity contribution >= 4 is 96.0 Å². The van der Waals surface area contributed by atoms with Crippen molar-refractivity contribution in [2.24, 2.45) is 0 Å². The Hall–Kier alpha value is -5.40. The third-order valence-electron chi connectivity index (χ3n) is 14.9. The number of rotatable bonds is 41. The molecule has 91 heavy (non-hydrogen) atoms. The molecule has 27 nitrogen and oxygen atoms in total. The third-order valence-corrected chi connectivity index (χ3v) is 21.4. The maximum absolute atomic E-state index is 13.5. The van der Waals surface area contributed by atoms with Gasteiger partial charge in [0.05, 0.1) is 137 Å². The van der Waals surface area contributed by atoms with E-state index in [9.17, 15) is 56.5 Å². The Balaban J connectivity index is 1.31. The van der Waals surface area contributed by atoms with Crippen molar-refractivity contribution in [1.82, 2.24) is 5.06 Å². The molecule has 4 aromatic carbocycles. The molecule has 508 valence electrons. The average molecular weight is 1380 g/mol. The standard InChI is InChI=1S/C59H82N2O25S5/c1-43-17-18-46-48(39-44(88(67,68)76-7)41-51(46)90(71,72)78-9)56(43)59(4,23-14-38-87(65,66)75-6)22-12-11-15-53-58(2,3)57-49-40-45(89(69,70)77-8)42-52(91(73,74)79-10)47(49)19-20-50(57)61(53)24-27-81-29-31-83-33-35-85-37-36-84-34-32-82-30-28-80-26-21-55(64)86-60(5)54(63)16-13-25-62/h11-12,15,17-20,25,39-42H,13-14,16,21-24,26-38H2,1-10H3/b12-11+,53-15+. The number of hydrogen-bond acceptors (Lipinski definition) is 26. The Morgan fingerprint density at radius 2 is 1.07 bits per heavy atom. The first-order chi connectivity index (χ1) is 42.9. The Labute approximate surface area is 533 Å². The van der Waals surface area contributed by atoms with Crippen LogP contribution in [0.2, 0.25) is 0 Å². The van der Waals surface area contributed by atoms with Crippen LogP contribution in [0.25, 0.3) is 21.5 Å². The molecule has 1 aliphatic rings. The van der Waals surface area contributed by atoms with E-state index in [1.54, 1.807) is 37.3 Å². The van der Waals surface area contributed by atoms with E-state index >= 15 is 0 Å². The molecule has 1 unspecified atom stereocenters. The molecular weight excluding hydrogens is 1300 g/mol. The van der Waals surface area contributed by atoms with Gasteiger partial charge in [-0.3, -0.25) is 25.7 Å². The minimum Gasteiger partial charge on any atom is -0.378 e. The van der Waals surface area contributed by atoms with Crippen molar-refractivity contribution in [1.29, 1.82) is 0 Å². The third kappa shape index (κ3) is 20.3. The van der Waals surface area contributed by atoms with Crippen LogP contribution in [0.3, 0.4) is 0 Å². The van der Waals surface area contributed by atoms with E-state index < -0.39 is 92.9 Å². The predicted molar refractivity (Wildman–Crippen MR) is 333 cm³/mol. The number of fused-ring (bicyclic) bond motifs is 4. The second-order valence-electron chi connectivity index (χ2n) is 21.3. The fourth-order valence-electron chi connectivity index (χ4n) is 10.4. The molecule has 1 aliphatic heterocycles. The molecule has 0 spiro atoms. The highest BCUT2D eigenvalue weighted by Crippen LogP contribution is 2.52. The lowest BCUT2D eigenvalue weighted by Crippen LogP contribution is -2.30. The molecule has 32 heteroatoms. The van der Waals surface area contributed by atoms with Gasteiger partial charge in [-0.2, -0.15) is 47.2 Å². The number of benzene rings is 4. The lowest BCUT2D eigenvalue weighted by atomic mass is 9.72. The first kappa shape index (κ1) is 76.3. The number of nitrogens with zero attached hydrogens (tertiary/aromatic N) is 2. The quantitative estimate of drug-likeness (QED) is 0.0223. The summed E-state index contributed by atoms with van der Waals surface area (Å²) in [5.41, 5.74) is 0.960. The van der Waals surface area contributed by atoms with Crippen molar-refractivity contribution in [2.75, 3.05) is 139 Å². The molecule has 1 atom stereocenters. The molecule has 4 aromatic rings. The number of allylic oxidation sites excluding steroid dienone is 4. The van der Waals surface area contributed by atoms with E-state index in [2.05, 4.69) is 0 Å². The zero-order valence-electron chi connectivity index (χ0n) is 52.7. The fraction of sp³-hybridized carbons (Fsp3) is 0.542. The molecule has 0 bridgehead atoms. The summed E-state index contributed by atoms with van der Waals surface area (Å²) in [6.45, 7) is 10.5. The van der Waals surface area contributed by atoms with Gasteiger partial charge in [0.1, 0.15) is 16.1 Å². The van der Waals surface area contributed by atoms with Gasteiger partial charge in [0, 0.05) is 54.0 Å². The molecule has 5 rings (SSSR count). The highest BCUT2D eigenvalue weighted by atomic mass is 32.2. The number of hydrogen-bond donors (Lipinski definition) is 0. The van der Waals surface area contributed by atoms with Crippen molar-refractivity contribution < 1.29 is 111 Å². The summed E-state index contributed by atoms with van der Waals surface area (Å²) in [7, 11) is -15.7. The van der Waals surface area contributed by atoms with Gasteiger partial charge in [0.2, 0.25) is 0 Å². The van der Waals surface area contributed by atoms with Crippen LogP contribution in [0.1, 0.15) is 76.0 Å².